The van der Waals surface area contributed by atoms with E-state index in [4.69, 9.17) is 10.3 Å². The molecule has 0 radical (unpaired) electrons. The van der Waals surface area contributed by atoms with Gasteiger partial charge in [0.2, 0.25) is 0 Å². The average molecular weight is 156 g/mol. The minimum atomic E-state index is -1.41. The van der Waals surface area contributed by atoms with Gasteiger partial charge in [-0.3, -0.25) is 10.1 Å². The maximum absolute atomic E-state index is 12.3. The van der Waals surface area contributed by atoms with Gasteiger partial charge in [0.05, 0.1) is 0 Å². The molecule has 0 unspecified atom stereocenters. The highest BCUT2D eigenvalue weighted by molar-refractivity contribution is 6.59. The maximum Gasteiger partial charge on any atom is 0.522 e. The molecule has 0 amide bonds. The van der Waals surface area contributed by atoms with E-state index >= 15 is 0 Å². The summed E-state index contributed by atoms with van der Waals surface area (Å²) in [5, 5.41) is 16.8. The summed E-state index contributed by atoms with van der Waals surface area (Å²) in [5.74, 6) is -0.404. The van der Waals surface area contributed by atoms with Gasteiger partial charge in [-0.1, -0.05) is 12.1 Å². The zero-order valence-electron chi connectivity index (χ0n) is 5.57. The molecule has 3 nitrogen and oxygen atoms in total. The molecule has 0 aliphatic carbocycles. The van der Waals surface area contributed by atoms with Crippen LogP contribution in [0.1, 0.15) is 0 Å². The molecule has 0 atom stereocenters. The van der Waals surface area contributed by atoms with Crippen LogP contribution in [0.2, 0.25) is 0 Å². The third kappa shape index (κ3) is 2.01. The highest BCUT2D eigenvalue weighted by Gasteiger charge is 2.15. The summed E-state index contributed by atoms with van der Waals surface area (Å²) in [6, 6.07) is 4.96. The van der Waals surface area contributed by atoms with Crippen molar-refractivity contribution in [3.8, 4) is 0 Å². The van der Waals surface area contributed by atoms with E-state index in [0.29, 0.717) is 5.46 Å². The van der Waals surface area contributed by atoms with Crippen molar-refractivity contribution in [2.75, 3.05) is 0 Å². The number of hydrogen-bond donors (Lipinski definition) is 2. The highest BCUT2D eigenvalue weighted by Crippen LogP contribution is 1.93. The topological polar surface area (TPSA) is 49.7 Å². The first-order valence-corrected chi connectivity index (χ1v) is 2.98. The van der Waals surface area contributed by atoms with Crippen LogP contribution in [0.3, 0.4) is 0 Å². The van der Waals surface area contributed by atoms with Gasteiger partial charge in [-0.15, -0.1) is 0 Å². The fourth-order valence-corrected chi connectivity index (χ4v) is 0.688. The van der Waals surface area contributed by atoms with Crippen LogP contribution < -0.4 is 5.46 Å². The number of halogens is 1. The Morgan fingerprint density at radius 3 is 2.27 bits per heavy atom. The van der Waals surface area contributed by atoms with E-state index in [0.717, 1.165) is 12.1 Å². The molecule has 58 valence electrons. The van der Waals surface area contributed by atoms with Crippen molar-refractivity contribution in [1.29, 1.82) is 0 Å². The summed E-state index contributed by atoms with van der Waals surface area (Å²) in [6.45, 7) is 0. The molecule has 2 N–H and O–H groups in total. The van der Waals surface area contributed by atoms with Crippen molar-refractivity contribution in [3.63, 3.8) is 0 Å². The standard InChI is InChI=1S/C6H6BFO3/c8-6-3-1-5(2-4-6)7(9)11-10/h1-4,9-10H. The fraction of sp³-hybridized carbons (Fsp3) is 0. The van der Waals surface area contributed by atoms with Gasteiger partial charge in [-0.25, -0.2) is 4.39 Å². The van der Waals surface area contributed by atoms with Gasteiger partial charge in [0.1, 0.15) is 5.82 Å². The van der Waals surface area contributed by atoms with E-state index in [1.54, 1.807) is 0 Å². The number of hydrogen-bond acceptors (Lipinski definition) is 3. The molecule has 0 spiro atoms. The molecule has 1 aromatic carbocycles. The molecular formula is C6H6BFO3. The smallest absolute Gasteiger partial charge is 0.422 e. The van der Waals surface area contributed by atoms with Crippen LogP contribution >= 0.6 is 0 Å². The average Bonchev–Trinajstić information content (AvgIpc) is 2.05. The van der Waals surface area contributed by atoms with Crippen LogP contribution in [0.15, 0.2) is 24.3 Å². The predicted octanol–water partition coefficient (Wildman–Crippen LogP) is 0.00280. The van der Waals surface area contributed by atoms with E-state index in [9.17, 15) is 4.39 Å². The molecule has 0 aliphatic rings. The van der Waals surface area contributed by atoms with Crippen molar-refractivity contribution in [2.24, 2.45) is 0 Å². The molecule has 0 bridgehead atoms. The van der Waals surface area contributed by atoms with Gasteiger partial charge in [0.15, 0.2) is 0 Å². The Balaban J connectivity index is 2.81. The lowest BCUT2D eigenvalue weighted by atomic mass is 9.80. The largest absolute Gasteiger partial charge is 0.522 e. The molecule has 0 aromatic heterocycles. The molecule has 0 heterocycles. The van der Waals surface area contributed by atoms with Crippen LogP contribution in [0.4, 0.5) is 4.39 Å². The van der Waals surface area contributed by atoms with Crippen LogP contribution in [0, 0.1) is 5.82 Å². The zero-order chi connectivity index (χ0) is 8.27. The Kier molecular flexibility index (Phi) is 2.59. The summed E-state index contributed by atoms with van der Waals surface area (Å²) in [5.41, 5.74) is 0.300. The number of benzene rings is 1. The minimum Gasteiger partial charge on any atom is -0.422 e. The summed E-state index contributed by atoms with van der Waals surface area (Å²) in [7, 11) is -1.41. The quantitative estimate of drug-likeness (QED) is 0.360. The van der Waals surface area contributed by atoms with Crippen molar-refractivity contribution < 1.29 is 19.5 Å². The van der Waals surface area contributed by atoms with E-state index < -0.39 is 12.9 Å². The third-order valence-electron chi connectivity index (χ3n) is 1.26. The van der Waals surface area contributed by atoms with E-state index in [-0.39, 0.29) is 0 Å². The Hall–Kier alpha value is -0.905. The summed E-state index contributed by atoms with van der Waals surface area (Å²) in [4.78, 5) is 3.61. The summed E-state index contributed by atoms with van der Waals surface area (Å²) in [6.07, 6.45) is 0. The molecule has 0 aliphatic heterocycles. The van der Waals surface area contributed by atoms with Crippen LogP contribution in [0.5, 0.6) is 0 Å². The fourth-order valence-electron chi connectivity index (χ4n) is 0.688. The van der Waals surface area contributed by atoms with E-state index in [1.807, 2.05) is 0 Å². The zero-order valence-corrected chi connectivity index (χ0v) is 5.57. The molecule has 5 heteroatoms. The molecule has 0 saturated carbocycles. The maximum atomic E-state index is 12.3. The number of rotatable bonds is 2. The van der Waals surface area contributed by atoms with Crippen LogP contribution in [0.25, 0.3) is 0 Å². The van der Waals surface area contributed by atoms with Gasteiger partial charge in [-0.05, 0) is 17.6 Å². The second-order valence-electron chi connectivity index (χ2n) is 2.01. The van der Waals surface area contributed by atoms with Crippen molar-refractivity contribution in [3.05, 3.63) is 30.1 Å². The Morgan fingerprint density at radius 1 is 1.27 bits per heavy atom. The lowest BCUT2D eigenvalue weighted by Gasteiger charge is -1.99. The molecule has 1 aromatic rings. The first kappa shape index (κ1) is 8.19. The molecule has 0 saturated heterocycles. The Morgan fingerprint density at radius 2 is 1.82 bits per heavy atom. The monoisotopic (exact) mass is 156 g/mol. The van der Waals surface area contributed by atoms with E-state index in [2.05, 4.69) is 4.81 Å². The molecule has 0 fully saturated rings. The Labute approximate surface area is 63.1 Å². The highest BCUT2D eigenvalue weighted by atomic mass is 19.1. The van der Waals surface area contributed by atoms with Gasteiger partial charge in [0, 0.05) is 0 Å². The first-order chi connectivity index (χ1) is 5.24. The molecule has 1 rings (SSSR count). The van der Waals surface area contributed by atoms with Gasteiger partial charge in [-0.2, -0.15) is 0 Å². The second-order valence-corrected chi connectivity index (χ2v) is 2.01. The lowest BCUT2D eigenvalue weighted by molar-refractivity contribution is -0.154. The SMILES string of the molecule is OOB(O)c1ccc(F)cc1. The van der Waals surface area contributed by atoms with Crippen LogP contribution in [-0.2, 0) is 4.81 Å². The predicted molar refractivity (Wildman–Crippen MR) is 37.7 cm³/mol. The van der Waals surface area contributed by atoms with Crippen molar-refractivity contribution in [1.82, 2.24) is 0 Å². The molecular weight excluding hydrogens is 150 g/mol. The summed E-state index contributed by atoms with van der Waals surface area (Å²) < 4.78 is 12.3. The van der Waals surface area contributed by atoms with Gasteiger partial charge >= 0.3 is 7.12 Å². The van der Waals surface area contributed by atoms with Crippen molar-refractivity contribution >= 4 is 12.6 Å². The normalized spacial score (nSPS) is 9.73. The third-order valence-corrected chi connectivity index (χ3v) is 1.26. The van der Waals surface area contributed by atoms with Gasteiger partial charge < -0.3 is 5.02 Å². The Bertz CT molecular complexity index is 226. The second kappa shape index (κ2) is 3.48. The minimum absolute atomic E-state index is 0.300. The van der Waals surface area contributed by atoms with E-state index in [1.165, 1.54) is 12.1 Å². The van der Waals surface area contributed by atoms with Crippen LogP contribution in [-0.4, -0.2) is 17.4 Å². The van der Waals surface area contributed by atoms with Crippen molar-refractivity contribution in [2.45, 2.75) is 0 Å². The lowest BCUT2D eigenvalue weighted by Crippen LogP contribution is -2.32. The molecule has 11 heavy (non-hydrogen) atoms. The first-order valence-electron chi connectivity index (χ1n) is 2.98. The summed E-state index contributed by atoms with van der Waals surface area (Å²) >= 11 is 0. The van der Waals surface area contributed by atoms with Gasteiger partial charge in [0.25, 0.3) is 0 Å².